The van der Waals surface area contributed by atoms with E-state index >= 15 is 0 Å². The largest absolute Gasteiger partial charge is 0.326 e. The summed E-state index contributed by atoms with van der Waals surface area (Å²) >= 11 is 0. The van der Waals surface area contributed by atoms with Gasteiger partial charge in [0.25, 0.3) is 0 Å². The summed E-state index contributed by atoms with van der Waals surface area (Å²) in [7, 11) is -3.60. The van der Waals surface area contributed by atoms with E-state index in [-0.39, 0.29) is 18.9 Å². The fourth-order valence-corrected chi connectivity index (χ4v) is 2.93. The van der Waals surface area contributed by atoms with Crippen molar-refractivity contribution in [2.24, 2.45) is 0 Å². The highest BCUT2D eigenvalue weighted by Gasteiger charge is 2.07. The first kappa shape index (κ1) is 19.4. The molecule has 0 saturated carbocycles. The molecular formula is C19H19N3O3S. The highest BCUT2D eigenvalue weighted by Crippen LogP contribution is 2.10. The second-order valence-corrected chi connectivity index (χ2v) is 7.13. The standard InChI is InChI=1S/C19H19N3O3S/c20-13-10-17-6-8-18(9-7-17)22-19(23)11-14-21-26(24,25)15-12-16-4-2-1-3-5-16/h1-9,12,15,21H,10-11,14H2,(H,22,23)/b15-12+. The Balaban J connectivity index is 1.78. The molecule has 2 N–H and O–H groups in total. The van der Waals surface area contributed by atoms with Gasteiger partial charge in [0, 0.05) is 24.1 Å². The molecule has 0 fully saturated rings. The molecule has 0 bridgehead atoms. The van der Waals surface area contributed by atoms with Crippen LogP contribution in [0.3, 0.4) is 0 Å². The Kier molecular flexibility index (Phi) is 7.09. The lowest BCUT2D eigenvalue weighted by molar-refractivity contribution is -0.116. The van der Waals surface area contributed by atoms with Gasteiger partial charge < -0.3 is 5.32 Å². The molecule has 0 aliphatic rings. The second-order valence-electron chi connectivity index (χ2n) is 5.48. The lowest BCUT2D eigenvalue weighted by Gasteiger charge is -2.06. The predicted octanol–water partition coefficient (Wildman–Crippen LogP) is 2.67. The third-order valence-corrected chi connectivity index (χ3v) is 4.52. The van der Waals surface area contributed by atoms with Gasteiger partial charge in [-0.3, -0.25) is 4.79 Å². The molecule has 0 atom stereocenters. The number of carbonyl (C=O) groups is 1. The number of anilines is 1. The van der Waals surface area contributed by atoms with Crippen LogP contribution in [0.4, 0.5) is 5.69 Å². The maximum absolute atomic E-state index is 11.9. The smallest absolute Gasteiger partial charge is 0.233 e. The van der Waals surface area contributed by atoms with Crippen molar-refractivity contribution in [2.75, 3.05) is 11.9 Å². The SMILES string of the molecule is N#CCc1ccc(NC(=O)CCNS(=O)(=O)/C=C/c2ccccc2)cc1. The van der Waals surface area contributed by atoms with Gasteiger partial charge >= 0.3 is 0 Å². The number of nitrogens with zero attached hydrogens (tertiary/aromatic N) is 1. The minimum atomic E-state index is -3.60. The van der Waals surface area contributed by atoms with Crippen molar-refractivity contribution >= 4 is 27.7 Å². The van der Waals surface area contributed by atoms with E-state index in [0.717, 1.165) is 16.5 Å². The number of sulfonamides is 1. The molecule has 1 amide bonds. The van der Waals surface area contributed by atoms with Crippen LogP contribution in [0.1, 0.15) is 17.5 Å². The minimum Gasteiger partial charge on any atom is -0.326 e. The van der Waals surface area contributed by atoms with Gasteiger partial charge in [-0.15, -0.1) is 0 Å². The Morgan fingerprint density at radius 3 is 2.42 bits per heavy atom. The van der Waals surface area contributed by atoms with E-state index in [1.807, 2.05) is 24.3 Å². The molecule has 2 rings (SSSR count). The number of hydrogen-bond acceptors (Lipinski definition) is 4. The maximum Gasteiger partial charge on any atom is 0.233 e. The zero-order valence-electron chi connectivity index (χ0n) is 14.1. The van der Waals surface area contributed by atoms with Crippen LogP contribution in [0.2, 0.25) is 0 Å². The van der Waals surface area contributed by atoms with Gasteiger partial charge in [-0.1, -0.05) is 42.5 Å². The number of rotatable bonds is 8. The highest BCUT2D eigenvalue weighted by atomic mass is 32.2. The number of carbonyl (C=O) groups excluding carboxylic acids is 1. The molecule has 134 valence electrons. The number of amides is 1. The van der Waals surface area contributed by atoms with E-state index in [1.165, 1.54) is 6.08 Å². The molecule has 6 nitrogen and oxygen atoms in total. The van der Waals surface area contributed by atoms with E-state index in [1.54, 1.807) is 36.4 Å². The summed E-state index contributed by atoms with van der Waals surface area (Å²) in [5.74, 6) is -0.298. The molecule has 0 spiro atoms. The molecule has 2 aromatic rings. The summed E-state index contributed by atoms with van der Waals surface area (Å²) < 4.78 is 26.1. The van der Waals surface area contributed by atoms with Gasteiger partial charge in [0.1, 0.15) is 0 Å². The van der Waals surface area contributed by atoms with Crippen LogP contribution in [0.15, 0.2) is 60.0 Å². The lowest BCUT2D eigenvalue weighted by atomic mass is 10.1. The fourth-order valence-electron chi connectivity index (χ4n) is 2.11. The van der Waals surface area contributed by atoms with Crippen LogP contribution in [-0.2, 0) is 21.2 Å². The molecule has 2 aromatic carbocycles. The highest BCUT2D eigenvalue weighted by molar-refractivity contribution is 7.92. The Bertz CT molecular complexity index is 899. The molecule has 0 unspecified atom stereocenters. The Morgan fingerprint density at radius 2 is 1.77 bits per heavy atom. The van der Waals surface area contributed by atoms with Crippen molar-refractivity contribution in [2.45, 2.75) is 12.8 Å². The maximum atomic E-state index is 11.9. The third kappa shape index (κ3) is 6.89. The van der Waals surface area contributed by atoms with Crippen LogP contribution >= 0.6 is 0 Å². The first-order valence-electron chi connectivity index (χ1n) is 7.97. The summed E-state index contributed by atoms with van der Waals surface area (Å²) in [6, 6.07) is 18.0. The van der Waals surface area contributed by atoms with Crippen molar-refractivity contribution in [3.05, 3.63) is 71.1 Å². The molecule has 0 radical (unpaired) electrons. The minimum absolute atomic E-state index is 0.000186. The monoisotopic (exact) mass is 369 g/mol. The summed E-state index contributed by atoms with van der Waals surface area (Å²) in [6.07, 6.45) is 1.82. The zero-order chi connectivity index (χ0) is 18.8. The van der Waals surface area contributed by atoms with E-state index in [2.05, 4.69) is 10.0 Å². The average molecular weight is 369 g/mol. The second kappa shape index (κ2) is 9.51. The molecule has 0 aliphatic heterocycles. The average Bonchev–Trinajstić information content (AvgIpc) is 2.63. The third-order valence-electron chi connectivity index (χ3n) is 3.42. The molecule has 0 aliphatic carbocycles. The van der Waals surface area contributed by atoms with E-state index < -0.39 is 10.0 Å². The molecule has 0 aromatic heterocycles. The Hall–Kier alpha value is -2.95. The van der Waals surface area contributed by atoms with Crippen LogP contribution in [0.5, 0.6) is 0 Å². The molecule has 0 heterocycles. The first-order chi connectivity index (χ1) is 12.5. The van der Waals surface area contributed by atoms with Gasteiger partial charge in [0.05, 0.1) is 12.5 Å². The number of benzene rings is 2. The van der Waals surface area contributed by atoms with E-state index in [9.17, 15) is 13.2 Å². The first-order valence-corrected chi connectivity index (χ1v) is 9.52. The van der Waals surface area contributed by atoms with Gasteiger partial charge in [0.15, 0.2) is 0 Å². The van der Waals surface area contributed by atoms with Crippen LogP contribution in [0, 0.1) is 11.3 Å². The normalized spacial score (nSPS) is 11.2. The molecule has 26 heavy (non-hydrogen) atoms. The summed E-state index contributed by atoms with van der Waals surface area (Å²) in [5.41, 5.74) is 2.24. The lowest BCUT2D eigenvalue weighted by Crippen LogP contribution is -2.26. The van der Waals surface area contributed by atoms with Crippen molar-refractivity contribution in [1.82, 2.24) is 4.72 Å². The summed E-state index contributed by atoms with van der Waals surface area (Å²) in [6.45, 7) is -0.000186. The van der Waals surface area contributed by atoms with Gasteiger partial charge in [-0.05, 0) is 29.3 Å². The van der Waals surface area contributed by atoms with Crippen LogP contribution < -0.4 is 10.0 Å². The van der Waals surface area contributed by atoms with Gasteiger partial charge in [-0.2, -0.15) is 5.26 Å². The quantitative estimate of drug-likeness (QED) is 0.747. The molecular weight excluding hydrogens is 350 g/mol. The summed E-state index contributed by atoms with van der Waals surface area (Å²) in [5, 5.41) is 12.4. The number of nitriles is 1. The Morgan fingerprint density at radius 1 is 1.08 bits per heavy atom. The van der Waals surface area contributed by atoms with Crippen molar-refractivity contribution < 1.29 is 13.2 Å². The van der Waals surface area contributed by atoms with Crippen LogP contribution in [0.25, 0.3) is 6.08 Å². The number of nitrogens with one attached hydrogen (secondary N) is 2. The van der Waals surface area contributed by atoms with E-state index in [4.69, 9.17) is 5.26 Å². The molecule has 7 heteroatoms. The van der Waals surface area contributed by atoms with Crippen molar-refractivity contribution in [3.63, 3.8) is 0 Å². The fraction of sp³-hybridized carbons (Fsp3) is 0.158. The van der Waals surface area contributed by atoms with Gasteiger partial charge in [0.2, 0.25) is 15.9 Å². The molecule has 0 saturated heterocycles. The topological polar surface area (TPSA) is 99.1 Å². The van der Waals surface area contributed by atoms with E-state index in [0.29, 0.717) is 12.1 Å². The van der Waals surface area contributed by atoms with Crippen molar-refractivity contribution in [3.8, 4) is 6.07 Å². The van der Waals surface area contributed by atoms with Crippen molar-refractivity contribution in [1.29, 1.82) is 5.26 Å². The number of hydrogen-bond donors (Lipinski definition) is 2. The Labute approximate surface area is 153 Å². The summed E-state index contributed by atoms with van der Waals surface area (Å²) in [4.78, 5) is 11.9. The van der Waals surface area contributed by atoms with Gasteiger partial charge in [-0.25, -0.2) is 13.1 Å². The van der Waals surface area contributed by atoms with Crippen LogP contribution in [-0.4, -0.2) is 20.9 Å². The predicted molar refractivity (Wildman–Crippen MR) is 101 cm³/mol. The zero-order valence-corrected chi connectivity index (χ0v) is 14.9.